The molecule has 0 aliphatic carbocycles. The lowest BCUT2D eigenvalue weighted by Crippen LogP contribution is -2.34. The number of carbonyl (C=O) groups is 1. The van der Waals surface area contributed by atoms with E-state index in [0.717, 1.165) is 25.3 Å². The van der Waals surface area contributed by atoms with Gasteiger partial charge in [-0.1, -0.05) is 30.3 Å². The average molecular weight is 293 g/mol. The van der Waals surface area contributed by atoms with Crippen molar-refractivity contribution in [2.45, 2.75) is 13.0 Å². The summed E-state index contributed by atoms with van der Waals surface area (Å²) in [4.78, 5) is 18.9. The number of aromatic nitrogens is 1. The van der Waals surface area contributed by atoms with Crippen LogP contribution in [-0.4, -0.2) is 24.0 Å². The number of pyridine rings is 1. The second-order valence-corrected chi connectivity index (χ2v) is 5.31. The molecule has 4 nitrogen and oxygen atoms in total. The summed E-state index contributed by atoms with van der Waals surface area (Å²) >= 11 is 0. The number of rotatable bonds is 4. The van der Waals surface area contributed by atoms with E-state index in [1.807, 2.05) is 6.07 Å². The van der Waals surface area contributed by atoms with Gasteiger partial charge < -0.3 is 10.2 Å². The Morgan fingerprint density at radius 3 is 2.91 bits per heavy atom. The maximum absolute atomic E-state index is 12.3. The number of carbonyl (C=O) groups excluding carboxylic acids is 1. The molecule has 0 fully saturated rings. The molecule has 3 rings (SSSR count). The van der Waals surface area contributed by atoms with Crippen molar-refractivity contribution in [3.8, 4) is 0 Å². The molecule has 1 aromatic carbocycles. The smallest absolute Gasteiger partial charge is 0.255 e. The highest BCUT2D eigenvalue weighted by Crippen LogP contribution is 2.25. The van der Waals surface area contributed by atoms with Gasteiger partial charge in [-0.2, -0.15) is 0 Å². The number of nitrogens with one attached hydrogen (secondary N) is 1. The lowest BCUT2D eigenvalue weighted by Gasteiger charge is -2.30. The first-order valence-corrected chi connectivity index (χ1v) is 7.45. The van der Waals surface area contributed by atoms with Gasteiger partial charge in [0.05, 0.1) is 5.56 Å². The molecule has 0 bridgehead atoms. The Morgan fingerprint density at radius 1 is 1.27 bits per heavy atom. The molecule has 0 atom stereocenters. The molecule has 0 radical (unpaired) electrons. The van der Waals surface area contributed by atoms with Crippen molar-refractivity contribution in [2.75, 3.05) is 18.0 Å². The van der Waals surface area contributed by atoms with Crippen LogP contribution in [0.3, 0.4) is 0 Å². The summed E-state index contributed by atoms with van der Waals surface area (Å²) in [7, 11) is 0. The lowest BCUT2D eigenvalue weighted by atomic mass is 9.99. The maximum atomic E-state index is 12.3. The van der Waals surface area contributed by atoms with Crippen LogP contribution in [0.25, 0.3) is 0 Å². The van der Waals surface area contributed by atoms with E-state index < -0.39 is 0 Å². The number of fused-ring (bicyclic) bond motifs is 1. The largest absolute Gasteiger partial charge is 0.351 e. The van der Waals surface area contributed by atoms with Crippen molar-refractivity contribution >= 4 is 11.7 Å². The van der Waals surface area contributed by atoms with Crippen molar-refractivity contribution < 1.29 is 4.79 Å². The number of benzene rings is 1. The van der Waals surface area contributed by atoms with Crippen LogP contribution in [0, 0.1) is 0 Å². The van der Waals surface area contributed by atoms with Crippen LogP contribution in [0.2, 0.25) is 0 Å². The number of hydrogen-bond acceptors (Lipinski definition) is 3. The lowest BCUT2D eigenvalue weighted by molar-refractivity contribution is 0.0958. The molecule has 1 N–H and O–H groups in total. The first-order chi connectivity index (χ1) is 10.8. The van der Waals surface area contributed by atoms with Crippen LogP contribution in [0.1, 0.15) is 21.5 Å². The minimum Gasteiger partial charge on any atom is -0.351 e. The molecule has 2 aromatic rings. The van der Waals surface area contributed by atoms with Gasteiger partial charge in [-0.15, -0.1) is 6.58 Å². The van der Waals surface area contributed by atoms with E-state index in [1.165, 1.54) is 11.1 Å². The van der Waals surface area contributed by atoms with Crippen molar-refractivity contribution in [3.05, 3.63) is 71.9 Å². The highest BCUT2D eigenvalue weighted by Gasteiger charge is 2.21. The van der Waals surface area contributed by atoms with Gasteiger partial charge in [0.1, 0.15) is 5.82 Å². The van der Waals surface area contributed by atoms with Crippen LogP contribution < -0.4 is 10.2 Å². The Morgan fingerprint density at radius 2 is 2.09 bits per heavy atom. The highest BCUT2D eigenvalue weighted by atomic mass is 16.1. The van der Waals surface area contributed by atoms with Crippen LogP contribution >= 0.6 is 0 Å². The van der Waals surface area contributed by atoms with Crippen LogP contribution in [0.5, 0.6) is 0 Å². The van der Waals surface area contributed by atoms with Crippen molar-refractivity contribution in [3.63, 3.8) is 0 Å². The number of amides is 1. The van der Waals surface area contributed by atoms with Crippen LogP contribution in [-0.2, 0) is 13.0 Å². The molecule has 1 amide bonds. The summed E-state index contributed by atoms with van der Waals surface area (Å²) < 4.78 is 0. The Bertz CT molecular complexity index is 696. The van der Waals surface area contributed by atoms with E-state index in [9.17, 15) is 4.79 Å². The third-order valence-corrected chi connectivity index (χ3v) is 3.87. The molecule has 1 aliphatic heterocycles. The fraction of sp³-hybridized carbons (Fsp3) is 0.222. The topological polar surface area (TPSA) is 45.2 Å². The fourth-order valence-electron chi connectivity index (χ4n) is 2.76. The van der Waals surface area contributed by atoms with Gasteiger partial charge in [-0.25, -0.2) is 4.98 Å². The first kappa shape index (κ1) is 14.3. The zero-order chi connectivity index (χ0) is 15.4. The van der Waals surface area contributed by atoms with E-state index >= 15 is 0 Å². The van der Waals surface area contributed by atoms with Crippen molar-refractivity contribution in [1.29, 1.82) is 0 Å². The molecule has 0 saturated carbocycles. The second kappa shape index (κ2) is 6.43. The predicted octanol–water partition coefficient (Wildman–Crippen LogP) is 2.56. The van der Waals surface area contributed by atoms with Gasteiger partial charge >= 0.3 is 0 Å². The number of hydrogen-bond donors (Lipinski definition) is 1. The third-order valence-electron chi connectivity index (χ3n) is 3.87. The van der Waals surface area contributed by atoms with E-state index in [2.05, 4.69) is 46.0 Å². The normalized spacial score (nSPS) is 13.4. The van der Waals surface area contributed by atoms with Crippen LogP contribution in [0.4, 0.5) is 5.82 Å². The highest BCUT2D eigenvalue weighted by molar-refractivity contribution is 5.99. The fourth-order valence-corrected chi connectivity index (χ4v) is 2.76. The van der Waals surface area contributed by atoms with E-state index in [4.69, 9.17) is 0 Å². The molecule has 0 saturated heterocycles. The molecule has 1 aliphatic rings. The van der Waals surface area contributed by atoms with Crippen LogP contribution in [0.15, 0.2) is 55.3 Å². The Kier molecular flexibility index (Phi) is 4.19. The summed E-state index contributed by atoms with van der Waals surface area (Å²) in [5.41, 5.74) is 3.30. The molecule has 0 unspecified atom stereocenters. The van der Waals surface area contributed by atoms with Gasteiger partial charge in [-0.05, 0) is 29.7 Å². The van der Waals surface area contributed by atoms with E-state index in [-0.39, 0.29) is 5.91 Å². The SMILES string of the molecule is C=CCNC(=O)c1cccnc1N1CCc2ccccc2C1. The minimum atomic E-state index is -0.109. The molecule has 2 heterocycles. The number of anilines is 1. The summed E-state index contributed by atoms with van der Waals surface area (Å²) in [6.45, 7) is 5.73. The van der Waals surface area contributed by atoms with E-state index in [1.54, 1.807) is 18.3 Å². The molecule has 112 valence electrons. The molecular weight excluding hydrogens is 274 g/mol. The summed E-state index contributed by atoms with van der Waals surface area (Å²) in [5, 5.41) is 2.82. The quantitative estimate of drug-likeness (QED) is 0.881. The number of nitrogens with zero attached hydrogens (tertiary/aromatic N) is 2. The standard InChI is InChI=1S/C18H19N3O/c1-2-10-20-18(22)16-8-5-11-19-17(16)21-12-9-14-6-3-4-7-15(14)13-21/h2-8,11H,1,9-10,12-13H2,(H,20,22). The predicted molar refractivity (Wildman–Crippen MR) is 88.0 cm³/mol. The van der Waals surface area contributed by atoms with Gasteiger partial charge in [0.25, 0.3) is 5.91 Å². The molecular formula is C18H19N3O. The Labute approximate surface area is 130 Å². The van der Waals surface area contributed by atoms with Gasteiger partial charge in [0.2, 0.25) is 0 Å². The molecule has 0 spiro atoms. The molecule has 4 heteroatoms. The zero-order valence-corrected chi connectivity index (χ0v) is 12.5. The summed E-state index contributed by atoms with van der Waals surface area (Å²) in [5.74, 6) is 0.639. The van der Waals surface area contributed by atoms with E-state index in [0.29, 0.717) is 12.1 Å². The maximum Gasteiger partial charge on any atom is 0.255 e. The Hall–Kier alpha value is -2.62. The summed E-state index contributed by atoms with van der Waals surface area (Å²) in [6.07, 6.45) is 4.38. The second-order valence-electron chi connectivity index (χ2n) is 5.31. The average Bonchev–Trinajstić information content (AvgIpc) is 2.59. The first-order valence-electron chi connectivity index (χ1n) is 7.45. The van der Waals surface area contributed by atoms with Gasteiger partial charge in [0.15, 0.2) is 0 Å². The zero-order valence-electron chi connectivity index (χ0n) is 12.5. The molecule has 22 heavy (non-hydrogen) atoms. The monoisotopic (exact) mass is 293 g/mol. The van der Waals surface area contributed by atoms with Gasteiger partial charge in [0, 0.05) is 25.8 Å². The third kappa shape index (κ3) is 2.86. The van der Waals surface area contributed by atoms with Gasteiger partial charge in [-0.3, -0.25) is 4.79 Å². The van der Waals surface area contributed by atoms with Crippen molar-refractivity contribution in [2.24, 2.45) is 0 Å². The molecule has 1 aromatic heterocycles. The van der Waals surface area contributed by atoms with Crippen molar-refractivity contribution in [1.82, 2.24) is 10.3 Å². The minimum absolute atomic E-state index is 0.109. The Balaban J connectivity index is 1.87. The summed E-state index contributed by atoms with van der Waals surface area (Å²) in [6, 6.07) is 12.1.